The molecule has 2 N–H and O–H groups in total. The second kappa shape index (κ2) is 6.47. The van der Waals surface area contributed by atoms with Crippen LogP contribution in [-0.4, -0.2) is 17.0 Å². The van der Waals surface area contributed by atoms with E-state index in [4.69, 9.17) is 28.3 Å². The van der Waals surface area contributed by atoms with Gasteiger partial charge in [0.1, 0.15) is 0 Å². The third-order valence-electron chi connectivity index (χ3n) is 2.64. The highest BCUT2D eigenvalue weighted by Gasteiger charge is 2.14. The summed E-state index contributed by atoms with van der Waals surface area (Å²) in [5, 5.41) is 12.4. The van der Waals surface area contributed by atoms with Crippen LogP contribution in [0.2, 0.25) is 10.0 Å². The van der Waals surface area contributed by atoms with Gasteiger partial charge in [-0.1, -0.05) is 23.2 Å². The Morgan fingerprint density at radius 2 is 1.81 bits per heavy atom. The zero-order valence-corrected chi connectivity index (χ0v) is 13.5. The van der Waals surface area contributed by atoms with E-state index >= 15 is 0 Å². The highest BCUT2D eigenvalue weighted by Crippen LogP contribution is 2.25. The number of carbonyl (C=O) groups is 2. The predicted molar refractivity (Wildman–Crippen MR) is 85.5 cm³/mol. The van der Waals surface area contributed by atoms with Crippen LogP contribution in [0, 0.1) is 0 Å². The average Bonchev–Trinajstić information content (AvgIpc) is 2.43. The minimum absolute atomic E-state index is 0.0797. The van der Waals surface area contributed by atoms with E-state index in [1.165, 1.54) is 18.2 Å². The van der Waals surface area contributed by atoms with Gasteiger partial charge in [0.05, 0.1) is 16.3 Å². The van der Waals surface area contributed by atoms with Gasteiger partial charge in [-0.2, -0.15) is 0 Å². The molecule has 0 atom stereocenters. The summed E-state index contributed by atoms with van der Waals surface area (Å²) in [5.74, 6) is -1.62. The lowest BCUT2D eigenvalue weighted by Gasteiger charge is -2.09. The topological polar surface area (TPSA) is 66.4 Å². The van der Waals surface area contributed by atoms with Crippen LogP contribution < -0.4 is 5.32 Å². The van der Waals surface area contributed by atoms with Crippen LogP contribution >= 0.6 is 39.1 Å². The fraction of sp³-hybridized carbons (Fsp3) is 0. The van der Waals surface area contributed by atoms with Crippen LogP contribution in [0.25, 0.3) is 0 Å². The van der Waals surface area contributed by atoms with Crippen LogP contribution in [-0.2, 0) is 0 Å². The second-order valence-electron chi connectivity index (χ2n) is 4.08. The average molecular weight is 389 g/mol. The summed E-state index contributed by atoms with van der Waals surface area (Å²) < 4.78 is 0.575. The van der Waals surface area contributed by atoms with Crippen molar-refractivity contribution in [3.63, 3.8) is 0 Å². The number of benzene rings is 2. The number of rotatable bonds is 3. The standard InChI is InChI=1S/C14H8BrCl2NO3/c15-10-5-7(1-3-11(10)17)13(19)18-12-4-2-8(16)6-9(12)14(20)21/h1-6H,(H,18,19)(H,20,21). The van der Waals surface area contributed by atoms with Crippen LogP contribution in [0.3, 0.4) is 0 Å². The van der Waals surface area contributed by atoms with E-state index in [0.717, 1.165) is 0 Å². The number of hydrogen-bond donors (Lipinski definition) is 2. The van der Waals surface area contributed by atoms with Crippen molar-refractivity contribution in [3.05, 3.63) is 62.0 Å². The van der Waals surface area contributed by atoms with E-state index in [0.29, 0.717) is 15.1 Å². The lowest BCUT2D eigenvalue weighted by molar-refractivity contribution is 0.0698. The fourth-order valence-electron chi connectivity index (χ4n) is 1.63. The Bertz CT molecular complexity index is 734. The molecule has 0 unspecified atom stereocenters. The summed E-state index contributed by atoms with van der Waals surface area (Å²) in [5.41, 5.74) is 0.435. The predicted octanol–water partition coefficient (Wildman–Crippen LogP) is 4.71. The molecule has 0 bridgehead atoms. The molecule has 0 aliphatic carbocycles. The first kappa shape index (κ1) is 15.8. The molecule has 4 nitrogen and oxygen atoms in total. The molecule has 0 radical (unpaired) electrons. The molecule has 21 heavy (non-hydrogen) atoms. The quantitative estimate of drug-likeness (QED) is 0.800. The van der Waals surface area contributed by atoms with Crippen LogP contribution in [0.5, 0.6) is 0 Å². The zero-order chi connectivity index (χ0) is 15.6. The first-order valence-electron chi connectivity index (χ1n) is 5.67. The van der Waals surface area contributed by atoms with E-state index in [9.17, 15) is 9.59 Å². The number of halogens is 3. The summed E-state index contributed by atoms with van der Waals surface area (Å²) in [7, 11) is 0. The Balaban J connectivity index is 2.31. The second-order valence-corrected chi connectivity index (χ2v) is 5.78. The van der Waals surface area contributed by atoms with Gasteiger partial charge in [-0.05, 0) is 52.3 Å². The van der Waals surface area contributed by atoms with Crippen LogP contribution in [0.4, 0.5) is 5.69 Å². The van der Waals surface area contributed by atoms with Crippen molar-refractivity contribution >= 4 is 56.7 Å². The van der Waals surface area contributed by atoms with Gasteiger partial charge in [-0.25, -0.2) is 4.79 Å². The Morgan fingerprint density at radius 1 is 1.10 bits per heavy atom. The largest absolute Gasteiger partial charge is 0.478 e. The molecule has 0 heterocycles. The van der Waals surface area contributed by atoms with Gasteiger partial charge in [0, 0.05) is 15.1 Å². The summed E-state index contributed by atoms with van der Waals surface area (Å²) in [6.07, 6.45) is 0. The number of nitrogens with one attached hydrogen (secondary N) is 1. The molecular formula is C14H8BrCl2NO3. The SMILES string of the molecule is O=C(Nc1ccc(Cl)cc1C(=O)O)c1ccc(Cl)c(Br)c1. The third kappa shape index (κ3) is 3.75. The molecule has 108 valence electrons. The van der Waals surface area contributed by atoms with Crippen LogP contribution in [0.1, 0.15) is 20.7 Å². The molecule has 0 aliphatic heterocycles. The molecule has 2 aromatic rings. The highest BCUT2D eigenvalue weighted by molar-refractivity contribution is 9.10. The van der Waals surface area contributed by atoms with Gasteiger partial charge < -0.3 is 10.4 Å². The number of aromatic carboxylic acids is 1. The van der Waals surface area contributed by atoms with Gasteiger partial charge in [-0.3, -0.25) is 4.79 Å². The maximum atomic E-state index is 12.1. The minimum Gasteiger partial charge on any atom is -0.478 e. The van der Waals surface area contributed by atoms with Crippen molar-refractivity contribution in [1.29, 1.82) is 0 Å². The summed E-state index contributed by atoms with van der Waals surface area (Å²) in [6, 6.07) is 8.88. The normalized spacial score (nSPS) is 10.2. The molecule has 0 aliphatic rings. The minimum atomic E-state index is -1.18. The summed E-state index contributed by atoms with van der Waals surface area (Å²) >= 11 is 14.8. The molecule has 7 heteroatoms. The highest BCUT2D eigenvalue weighted by atomic mass is 79.9. The monoisotopic (exact) mass is 387 g/mol. The first-order valence-corrected chi connectivity index (χ1v) is 7.22. The fourth-order valence-corrected chi connectivity index (χ4v) is 2.30. The maximum Gasteiger partial charge on any atom is 0.337 e. The number of carboxylic acids is 1. The van der Waals surface area contributed by atoms with Crippen molar-refractivity contribution in [2.75, 3.05) is 5.32 Å². The molecule has 2 rings (SSSR count). The molecule has 0 fully saturated rings. The molecule has 0 spiro atoms. The lowest BCUT2D eigenvalue weighted by atomic mass is 10.1. The lowest BCUT2D eigenvalue weighted by Crippen LogP contribution is -2.14. The van der Waals surface area contributed by atoms with E-state index < -0.39 is 11.9 Å². The summed E-state index contributed by atoms with van der Waals surface area (Å²) in [4.78, 5) is 23.3. The zero-order valence-electron chi connectivity index (χ0n) is 10.4. The van der Waals surface area contributed by atoms with E-state index in [-0.39, 0.29) is 16.3 Å². The Hall–Kier alpha value is -1.56. The number of carboxylic acid groups (broad SMARTS) is 1. The van der Waals surface area contributed by atoms with Crippen molar-refractivity contribution in [1.82, 2.24) is 0 Å². The summed E-state index contributed by atoms with van der Waals surface area (Å²) in [6.45, 7) is 0. The number of hydrogen-bond acceptors (Lipinski definition) is 2. The molecule has 0 saturated carbocycles. The first-order chi connectivity index (χ1) is 9.88. The van der Waals surface area contributed by atoms with Crippen molar-refractivity contribution in [3.8, 4) is 0 Å². The Labute approximate surface area is 138 Å². The number of amides is 1. The molecule has 1 amide bonds. The van der Waals surface area contributed by atoms with Crippen LogP contribution in [0.15, 0.2) is 40.9 Å². The van der Waals surface area contributed by atoms with Gasteiger partial charge in [0.2, 0.25) is 0 Å². The van der Waals surface area contributed by atoms with Crippen molar-refractivity contribution < 1.29 is 14.7 Å². The number of carbonyl (C=O) groups excluding carboxylic acids is 1. The molecule has 2 aromatic carbocycles. The number of anilines is 1. The van der Waals surface area contributed by atoms with E-state index in [2.05, 4.69) is 21.2 Å². The Kier molecular flexibility index (Phi) is 4.88. The third-order valence-corrected chi connectivity index (χ3v) is 4.09. The van der Waals surface area contributed by atoms with Gasteiger partial charge in [0.15, 0.2) is 0 Å². The van der Waals surface area contributed by atoms with E-state index in [1.54, 1.807) is 18.2 Å². The Morgan fingerprint density at radius 3 is 2.43 bits per heavy atom. The van der Waals surface area contributed by atoms with Gasteiger partial charge in [0.25, 0.3) is 5.91 Å². The van der Waals surface area contributed by atoms with Crippen molar-refractivity contribution in [2.45, 2.75) is 0 Å². The smallest absolute Gasteiger partial charge is 0.337 e. The molecule has 0 aromatic heterocycles. The molecule has 0 saturated heterocycles. The van der Waals surface area contributed by atoms with E-state index in [1.807, 2.05) is 0 Å². The maximum absolute atomic E-state index is 12.1. The van der Waals surface area contributed by atoms with Crippen molar-refractivity contribution in [2.24, 2.45) is 0 Å². The van der Waals surface area contributed by atoms with Gasteiger partial charge >= 0.3 is 5.97 Å². The molecular weight excluding hydrogens is 381 g/mol. The van der Waals surface area contributed by atoms with Gasteiger partial charge in [-0.15, -0.1) is 0 Å².